The topological polar surface area (TPSA) is 55.3 Å². The van der Waals surface area contributed by atoms with Gasteiger partial charge in [0.25, 0.3) is 0 Å². The van der Waals surface area contributed by atoms with Crippen molar-refractivity contribution in [3.63, 3.8) is 0 Å². The second kappa shape index (κ2) is 6.58. The van der Waals surface area contributed by atoms with Crippen LogP contribution in [0.2, 0.25) is 0 Å². The molecular formula is C17H15N3O2S. The van der Waals surface area contributed by atoms with Crippen LogP contribution in [-0.4, -0.2) is 22.5 Å². The number of ether oxygens (including phenoxy) is 1. The van der Waals surface area contributed by atoms with Crippen LogP contribution < -0.4 is 9.64 Å². The van der Waals surface area contributed by atoms with Crippen LogP contribution in [0.1, 0.15) is 6.92 Å². The number of anilines is 1. The maximum absolute atomic E-state index is 11.6. The van der Waals surface area contributed by atoms with Gasteiger partial charge in [-0.1, -0.05) is 47.0 Å². The summed E-state index contributed by atoms with van der Waals surface area (Å²) in [6, 6.07) is 17.1. The van der Waals surface area contributed by atoms with E-state index in [1.807, 2.05) is 54.6 Å². The Morgan fingerprint density at radius 2 is 1.78 bits per heavy atom. The number of aromatic nitrogens is 2. The molecule has 0 radical (unpaired) electrons. The smallest absolute Gasteiger partial charge is 0.228 e. The molecule has 0 atom stereocenters. The summed E-state index contributed by atoms with van der Waals surface area (Å²) in [5.41, 5.74) is 2.33. The quantitative estimate of drug-likeness (QED) is 0.728. The molecule has 0 aliphatic carbocycles. The molecule has 0 unspecified atom stereocenters. The highest BCUT2D eigenvalue weighted by molar-refractivity contribution is 7.08. The lowest BCUT2D eigenvalue weighted by Crippen LogP contribution is -2.23. The van der Waals surface area contributed by atoms with E-state index in [0.29, 0.717) is 22.2 Å². The van der Waals surface area contributed by atoms with Crippen LogP contribution in [0.5, 0.6) is 10.8 Å². The van der Waals surface area contributed by atoms with E-state index >= 15 is 0 Å². The van der Waals surface area contributed by atoms with Gasteiger partial charge in [-0.2, -0.15) is 0 Å². The van der Waals surface area contributed by atoms with E-state index in [4.69, 9.17) is 4.74 Å². The van der Waals surface area contributed by atoms with Gasteiger partial charge in [0.2, 0.25) is 11.0 Å². The predicted molar refractivity (Wildman–Crippen MR) is 90.9 cm³/mol. The van der Waals surface area contributed by atoms with Crippen LogP contribution >= 0.6 is 11.5 Å². The molecule has 2 aromatic carbocycles. The predicted octanol–water partition coefficient (Wildman–Crippen LogP) is 3.98. The molecule has 0 saturated carbocycles. The number of benzene rings is 2. The van der Waals surface area contributed by atoms with Gasteiger partial charge in [-0.05, 0) is 12.1 Å². The SMILES string of the molecule is CC(=O)N(C)c1ccccc1Oc1snnc1-c1ccccc1. The molecule has 5 nitrogen and oxygen atoms in total. The molecular weight excluding hydrogens is 310 g/mol. The minimum Gasteiger partial charge on any atom is -0.441 e. The van der Waals surface area contributed by atoms with E-state index in [1.165, 1.54) is 18.5 Å². The third-order valence-electron chi connectivity index (χ3n) is 3.41. The van der Waals surface area contributed by atoms with Crippen molar-refractivity contribution in [2.45, 2.75) is 6.92 Å². The normalized spacial score (nSPS) is 10.3. The minimum atomic E-state index is -0.0632. The molecule has 1 aromatic heterocycles. The van der Waals surface area contributed by atoms with Gasteiger partial charge in [0.05, 0.1) is 5.69 Å². The third kappa shape index (κ3) is 3.22. The molecule has 3 aromatic rings. The van der Waals surface area contributed by atoms with Crippen LogP contribution in [0.4, 0.5) is 5.69 Å². The van der Waals surface area contributed by atoms with Gasteiger partial charge in [0, 0.05) is 31.1 Å². The summed E-state index contributed by atoms with van der Waals surface area (Å²) in [5, 5.41) is 4.75. The van der Waals surface area contributed by atoms with Crippen molar-refractivity contribution in [1.29, 1.82) is 0 Å². The molecule has 0 fully saturated rings. The van der Waals surface area contributed by atoms with Gasteiger partial charge in [-0.15, -0.1) is 5.10 Å². The Bertz CT molecular complexity index is 817. The van der Waals surface area contributed by atoms with Crippen LogP contribution in [0.25, 0.3) is 11.3 Å². The lowest BCUT2D eigenvalue weighted by atomic mass is 10.2. The summed E-state index contributed by atoms with van der Waals surface area (Å²) in [4.78, 5) is 13.2. The Kier molecular flexibility index (Phi) is 4.34. The van der Waals surface area contributed by atoms with Gasteiger partial charge in [0.1, 0.15) is 5.69 Å². The molecule has 0 aliphatic heterocycles. The fourth-order valence-corrected chi connectivity index (χ4v) is 2.68. The number of rotatable bonds is 4. The number of para-hydroxylation sites is 2. The van der Waals surface area contributed by atoms with E-state index in [2.05, 4.69) is 9.59 Å². The summed E-state index contributed by atoms with van der Waals surface area (Å²) >= 11 is 1.18. The Labute approximate surface area is 138 Å². The summed E-state index contributed by atoms with van der Waals surface area (Å²) in [5.74, 6) is 0.528. The summed E-state index contributed by atoms with van der Waals surface area (Å²) < 4.78 is 10.00. The maximum atomic E-state index is 11.6. The lowest BCUT2D eigenvalue weighted by molar-refractivity contribution is -0.116. The first-order valence-corrected chi connectivity index (χ1v) is 7.83. The van der Waals surface area contributed by atoms with Crippen LogP contribution in [0.15, 0.2) is 54.6 Å². The molecule has 0 N–H and O–H groups in total. The largest absolute Gasteiger partial charge is 0.441 e. The zero-order valence-electron chi connectivity index (χ0n) is 12.8. The number of hydrogen-bond acceptors (Lipinski definition) is 5. The lowest BCUT2D eigenvalue weighted by Gasteiger charge is -2.18. The van der Waals surface area contributed by atoms with Gasteiger partial charge in [-0.3, -0.25) is 4.79 Å². The van der Waals surface area contributed by atoms with Crippen molar-refractivity contribution in [3.8, 4) is 22.1 Å². The van der Waals surface area contributed by atoms with Gasteiger partial charge < -0.3 is 9.64 Å². The molecule has 0 saturated heterocycles. The number of hydrogen-bond donors (Lipinski definition) is 0. The molecule has 0 aliphatic rings. The first-order valence-electron chi connectivity index (χ1n) is 7.06. The van der Waals surface area contributed by atoms with Crippen LogP contribution in [0, 0.1) is 0 Å². The second-order valence-electron chi connectivity index (χ2n) is 4.92. The first-order chi connectivity index (χ1) is 11.2. The van der Waals surface area contributed by atoms with E-state index in [9.17, 15) is 4.79 Å². The van der Waals surface area contributed by atoms with Crippen LogP contribution in [-0.2, 0) is 4.79 Å². The average Bonchev–Trinajstić information content (AvgIpc) is 3.03. The summed E-state index contributed by atoms with van der Waals surface area (Å²) in [6.45, 7) is 1.51. The van der Waals surface area contributed by atoms with E-state index in [1.54, 1.807) is 11.9 Å². The monoisotopic (exact) mass is 325 g/mol. The van der Waals surface area contributed by atoms with Gasteiger partial charge >= 0.3 is 0 Å². The Morgan fingerprint density at radius 3 is 2.52 bits per heavy atom. The van der Waals surface area contributed by atoms with Gasteiger partial charge in [-0.25, -0.2) is 0 Å². The Morgan fingerprint density at radius 1 is 1.09 bits per heavy atom. The summed E-state index contributed by atoms with van der Waals surface area (Å²) in [7, 11) is 1.72. The molecule has 6 heteroatoms. The van der Waals surface area contributed by atoms with Gasteiger partial charge in [0.15, 0.2) is 5.75 Å². The van der Waals surface area contributed by atoms with E-state index in [0.717, 1.165) is 5.56 Å². The van der Waals surface area contributed by atoms with E-state index < -0.39 is 0 Å². The van der Waals surface area contributed by atoms with Crippen molar-refractivity contribution in [2.75, 3.05) is 11.9 Å². The molecule has 0 spiro atoms. The van der Waals surface area contributed by atoms with Crippen molar-refractivity contribution in [2.24, 2.45) is 0 Å². The zero-order valence-corrected chi connectivity index (χ0v) is 13.6. The number of carbonyl (C=O) groups is 1. The molecule has 23 heavy (non-hydrogen) atoms. The number of carbonyl (C=O) groups excluding carboxylic acids is 1. The van der Waals surface area contributed by atoms with Crippen molar-refractivity contribution in [1.82, 2.24) is 9.59 Å². The number of amides is 1. The molecule has 0 bridgehead atoms. The Hall–Kier alpha value is -2.73. The first kappa shape index (κ1) is 15.2. The molecule has 1 amide bonds. The molecule has 1 heterocycles. The highest BCUT2D eigenvalue weighted by Crippen LogP contribution is 2.38. The second-order valence-corrected chi connectivity index (χ2v) is 5.64. The number of nitrogens with zero attached hydrogens (tertiary/aromatic N) is 3. The standard InChI is InChI=1S/C17H15N3O2S/c1-12(21)20(2)14-10-6-7-11-15(14)22-17-16(18-19-23-17)13-8-4-3-5-9-13/h3-11H,1-2H3. The van der Waals surface area contributed by atoms with Crippen molar-refractivity contribution < 1.29 is 9.53 Å². The fraction of sp³-hybridized carbons (Fsp3) is 0.118. The minimum absolute atomic E-state index is 0.0632. The van der Waals surface area contributed by atoms with Crippen LogP contribution in [0.3, 0.4) is 0 Å². The molecule has 116 valence electrons. The highest BCUT2D eigenvalue weighted by atomic mass is 32.1. The third-order valence-corrected chi connectivity index (χ3v) is 4.01. The highest BCUT2D eigenvalue weighted by Gasteiger charge is 2.16. The fourth-order valence-electron chi connectivity index (χ4n) is 2.11. The maximum Gasteiger partial charge on any atom is 0.228 e. The van der Waals surface area contributed by atoms with E-state index in [-0.39, 0.29) is 5.91 Å². The summed E-state index contributed by atoms with van der Waals surface area (Å²) in [6.07, 6.45) is 0. The molecule has 3 rings (SSSR count). The van der Waals surface area contributed by atoms with Crippen molar-refractivity contribution >= 4 is 23.1 Å². The average molecular weight is 325 g/mol. The van der Waals surface area contributed by atoms with Crippen molar-refractivity contribution in [3.05, 3.63) is 54.6 Å². The zero-order chi connectivity index (χ0) is 16.2. The Balaban J connectivity index is 1.96.